The summed E-state index contributed by atoms with van der Waals surface area (Å²) in [6, 6.07) is 6.01. The number of nitrogens with two attached hydrogens (primary N) is 1. The van der Waals surface area contributed by atoms with Crippen molar-refractivity contribution >= 4 is 22.9 Å². The molecule has 0 aliphatic carbocycles. The Hall–Kier alpha value is -2.87. The molecular weight excluding hydrogens is 332 g/mol. The molecular formula is C18H22N6O2. The molecule has 8 heteroatoms. The number of carbonyl (C=O) groups is 1. The van der Waals surface area contributed by atoms with Crippen LogP contribution < -0.4 is 11.1 Å². The van der Waals surface area contributed by atoms with E-state index < -0.39 is 0 Å². The summed E-state index contributed by atoms with van der Waals surface area (Å²) in [5, 5.41) is 7.71. The Morgan fingerprint density at radius 2 is 2.19 bits per heavy atom. The standard InChI is InChI=1S/C18H22N6O2/c19-6-5-13-11-20-15-4-3-12(9-14(13)15)10-16-21-17(23-26-16)22-18(25)24-7-1-2-8-24/h3-4,9,11,20H,1-2,5-8,10,19H2,(H,22,23,25). The van der Waals surface area contributed by atoms with Crippen molar-refractivity contribution in [1.82, 2.24) is 20.0 Å². The molecule has 8 nitrogen and oxygen atoms in total. The molecule has 0 bridgehead atoms. The number of benzene rings is 1. The van der Waals surface area contributed by atoms with Crippen molar-refractivity contribution in [2.75, 3.05) is 25.0 Å². The summed E-state index contributed by atoms with van der Waals surface area (Å²) >= 11 is 0. The predicted octanol–water partition coefficient (Wildman–Crippen LogP) is 2.27. The lowest BCUT2D eigenvalue weighted by molar-refractivity contribution is 0.222. The second-order valence-electron chi connectivity index (χ2n) is 6.55. The zero-order valence-electron chi connectivity index (χ0n) is 14.5. The number of likely N-dealkylation sites (tertiary alicyclic amines) is 1. The Morgan fingerprint density at radius 1 is 1.35 bits per heavy atom. The third kappa shape index (κ3) is 3.41. The van der Waals surface area contributed by atoms with Gasteiger partial charge in [-0.1, -0.05) is 6.07 Å². The fourth-order valence-corrected chi connectivity index (χ4v) is 3.34. The van der Waals surface area contributed by atoms with E-state index >= 15 is 0 Å². The highest BCUT2D eigenvalue weighted by Crippen LogP contribution is 2.22. The minimum absolute atomic E-state index is 0.171. The maximum Gasteiger partial charge on any atom is 0.324 e. The predicted molar refractivity (Wildman–Crippen MR) is 98.0 cm³/mol. The molecule has 1 aromatic carbocycles. The molecule has 3 heterocycles. The van der Waals surface area contributed by atoms with Crippen LogP contribution in [0.25, 0.3) is 10.9 Å². The fourth-order valence-electron chi connectivity index (χ4n) is 3.34. The van der Waals surface area contributed by atoms with Gasteiger partial charge in [-0.2, -0.15) is 4.98 Å². The van der Waals surface area contributed by atoms with Crippen LogP contribution in [0.15, 0.2) is 28.9 Å². The molecule has 0 spiro atoms. The minimum atomic E-state index is -0.171. The SMILES string of the molecule is NCCc1c[nH]c2ccc(Cc3nc(NC(=O)N4CCCC4)no3)cc12. The van der Waals surface area contributed by atoms with Crippen molar-refractivity contribution in [2.24, 2.45) is 5.73 Å². The highest BCUT2D eigenvalue weighted by atomic mass is 16.5. The van der Waals surface area contributed by atoms with Gasteiger partial charge < -0.3 is 20.1 Å². The van der Waals surface area contributed by atoms with Crippen molar-refractivity contribution in [3.05, 3.63) is 41.4 Å². The molecule has 2 aromatic heterocycles. The molecule has 1 aliphatic heterocycles. The van der Waals surface area contributed by atoms with Crippen molar-refractivity contribution in [3.8, 4) is 0 Å². The van der Waals surface area contributed by atoms with Gasteiger partial charge in [0.25, 0.3) is 5.95 Å². The molecule has 1 fully saturated rings. The molecule has 1 aliphatic rings. The fraction of sp³-hybridized carbons (Fsp3) is 0.389. The molecule has 1 saturated heterocycles. The maximum atomic E-state index is 12.1. The summed E-state index contributed by atoms with van der Waals surface area (Å²) in [6.07, 6.45) is 5.42. The Labute approximate surface area is 150 Å². The Bertz CT molecular complexity index is 909. The Morgan fingerprint density at radius 3 is 3.00 bits per heavy atom. The number of aromatic amines is 1. The van der Waals surface area contributed by atoms with Gasteiger partial charge in [-0.05, 0) is 54.2 Å². The number of hydrogen-bond donors (Lipinski definition) is 3. The number of hydrogen-bond acceptors (Lipinski definition) is 5. The van der Waals surface area contributed by atoms with Crippen LogP contribution in [0.1, 0.15) is 29.9 Å². The maximum absolute atomic E-state index is 12.1. The molecule has 26 heavy (non-hydrogen) atoms. The zero-order valence-corrected chi connectivity index (χ0v) is 14.5. The number of urea groups is 1. The molecule has 3 aromatic rings. The van der Waals surface area contributed by atoms with Crippen LogP contribution in [0, 0.1) is 0 Å². The number of fused-ring (bicyclic) bond motifs is 1. The normalized spacial score (nSPS) is 14.3. The first-order chi connectivity index (χ1) is 12.7. The van der Waals surface area contributed by atoms with Gasteiger partial charge in [0.1, 0.15) is 0 Å². The average Bonchev–Trinajstić information content (AvgIpc) is 3.37. The first-order valence-corrected chi connectivity index (χ1v) is 8.90. The molecule has 0 atom stereocenters. The van der Waals surface area contributed by atoms with Crippen molar-refractivity contribution < 1.29 is 9.32 Å². The van der Waals surface area contributed by atoms with E-state index in [9.17, 15) is 4.79 Å². The van der Waals surface area contributed by atoms with Crippen LogP contribution >= 0.6 is 0 Å². The van der Waals surface area contributed by atoms with Gasteiger partial charge >= 0.3 is 6.03 Å². The van der Waals surface area contributed by atoms with Crippen LogP contribution in [0.5, 0.6) is 0 Å². The van der Waals surface area contributed by atoms with E-state index in [1.54, 1.807) is 4.90 Å². The van der Waals surface area contributed by atoms with E-state index in [0.717, 1.165) is 48.8 Å². The first-order valence-electron chi connectivity index (χ1n) is 8.90. The summed E-state index contributed by atoms with van der Waals surface area (Å²) < 4.78 is 5.28. The monoisotopic (exact) mass is 354 g/mol. The van der Waals surface area contributed by atoms with E-state index in [0.29, 0.717) is 18.9 Å². The summed E-state index contributed by atoms with van der Waals surface area (Å²) in [5.41, 5.74) is 9.03. The van der Waals surface area contributed by atoms with E-state index in [1.165, 1.54) is 5.56 Å². The lowest BCUT2D eigenvalue weighted by atomic mass is 10.1. The third-order valence-corrected chi connectivity index (χ3v) is 4.68. The van der Waals surface area contributed by atoms with Crippen LogP contribution in [-0.4, -0.2) is 45.7 Å². The van der Waals surface area contributed by atoms with Crippen LogP contribution in [0.2, 0.25) is 0 Å². The summed E-state index contributed by atoms with van der Waals surface area (Å²) in [7, 11) is 0. The molecule has 2 amide bonds. The average molecular weight is 354 g/mol. The van der Waals surface area contributed by atoms with Gasteiger partial charge in [0.15, 0.2) is 0 Å². The van der Waals surface area contributed by atoms with Crippen molar-refractivity contribution in [3.63, 3.8) is 0 Å². The van der Waals surface area contributed by atoms with Gasteiger partial charge in [0.2, 0.25) is 5.89 Å². The van der Waals surface area contributed by atoms with E-state index in [4.69, 9.17) is 10.3 Å². The lowest BCUT2D eigenvalue weighted by Gasteiger charge is -2.13. The second-order valence-corrected chi connectivity index (χ2v) is 6.55. The number of nitrogens with zero attached hydrogens (tertiary/aromatic N) is 3. The molecule has 0 radical (unpaired) electrons. The number of anilines is 1. The molecule has 4 N–H and O–H groups in total. The number of carbonyl (C=O) groups excluding carboxylic acids is 1. The Balaban J connectivity index is 1.45. The van der Waals surface area contributed by atoms with E-state index in [1.807, 2.05) is 18.3 Å². The van der Waals surface area contributed by atoms with Crippen LogP contribution in [0.4, 0.5) is 10.7 Å². The summed E-state index contributed by atoms with van der Waals surface area (Å²) in [6.45, 7) is 2.16. The van der Waals surface area contributed by atoms with Crippen molar-refractivity contribution in [2.45, 2.75) is 25.7 Å². The van der Waals surface area contributed by atoms with Gasteiger partial charge in [-0.25, -0.2) is 4.79 Å². The van der Waals surface area contributed by atoms with Crippen molar-refractivity contribution in [1.29, 1.82) is 0 Å². The minimum Gasteiger partial charge on any atom is -0.361 e. The second kappa shape index (κ2) is 7.17. The smallest absolute Gasteiger partial charge is 0.324 e. The van der Waals surface area contributed by atoms with Crippen LogP contribution in [0.3, 0.4) is 0 Å². The van der Waals surface area contributed by atoms with Crippen LogP contribution in [-0.2, 0) is 12.8 Å². The third-order valence-electron chi connectivity index (χ3n) is 4.68. The number of nitrogens with one attached hydrogen (secondary N) is 2. The number of H-pyrrole nitrogens is 1. The zero-order chi connectivity index (χ0) is 17.9. The number of amides is 2. The van der Waals surface area contributed by atoms with Gasteiger partial charge in [-0.3, -0.25) is 5.32 Å². The topological polar surface area (TPSA) is 113 Å². The first kappa shape index (κ1) is 16.6. The quantitative estimate of drug-likeness (QED) is 0.650. The number of aromatic nitrogens is 3. The number of rotatable bonds is 5. The lowest BCUT2D eigenvalue weighted by Crippen LogP contribution is -2.32. The highest BCUT2D eigenvalue weighted by molar-refractivity contribution is 5.87. The molecule has 0 saturated carbocycles. The summed E-state index contributed by atoms with van der Waals surface area (Å²) in [5.74, 6) is 0.681. The molecule has 0 unspecified atom stereocenters. The highest BCUT2D eigenvalue weighted by Gasteiger charge is 2.19. The van der Waals surface area contributed by atoms with E-state index in [2.05, 4.69) is 26.5 Å². The van der Waals surface area contributed by atoms with Gasteiger partial charge in [0, 0.05) is 30.2 Å². The van der Waals surface area contributed by atoms with Gasteiger partial charge in [0.05, 0.1) is 6.42 Å². The van der Waals surface area contributed by atoms with E-state index in [-0.39, 0.29) is 12.0 Å². The molecule has 4 rings (SSSR count). The molecule has 136 valence electrons. The largest absolute Gasteiger partial charge is 0.361 e. The summed E-state index contributed by atoms with van der Waals surface area (Å²) in [4.78, 5) is 21.4. The Kier molecular flexibility index (Phi) is 4.57. The van der Waals surface area contributed by atoms with Gasteiger partial charge in [-0.15, -0.1) is 0 Å².